The van der Waals surface area contributed by atoms with E-state index in [4.69, 9.17) is 14.0 Å². The van der Waals surface area contributed by atoms with Gasteiger partial charge in [0.25, 0.3) is 5.56 Å². The van der Waals surface area contributed by atoms with Crippen LogP contribution in [0.2, 0.25) is 0 Å². The molecule has 4 aromatic rings. The molecule has 4 heterocycles. The quantitative estimate of drug-likeness (QED) is 0.439. The molecule has 0 saturated heterocycles. The lowest BCUT2D eigenvalue weighted by atomic mass is 10.1. The van der Waals surface area contributed by atoms with Crippen LogP contribution in [0.4, 0.5) is 0 Å². The number of aryl methyl sites for hydroxylation is 2. The first-order valence-electron chi connectivity index (χ1n) is 9.85. The number of hydrogen-bond acceptors (Lipinski definition) is 8. The summed E-state index contributed by atoms with van der Waals surface area (Å²) < 4.78 is 17.6. The van der Waals surface area contributed by atoms with Crippen molar-refractivity contribution < 1.29 is 18.8 Å². The van der Waals surface area contributed by atoms with Gasteiger partial charge >= 0.3 is 5.97 Å². The van der Waals surface area contributed by atoms with Gasteiger partial charge in [0.05, 0.1) is 12.5 Å². The zero-order valence-corrected chi connectivity index (χ0v) is 17.8. The van der Waals surface area contributed by atoms with E-state index in [0.717, 1.165) is 30.0 Å². The van der Waals surface area contributed by atoms with E-state index >= 15 is 0 Å². The summed E-state index contributed by atoms with van der Waals surface area (Å²) in [7, 11) is 1.61. The molecule has 31 heavy (non-hydrogen) atoms. The molecule has 3 aromatic heterocycles. The maximum atomic E-state index is 12.8. The number of aromatic nitrogens is 3. The normalized spacial score (nSPS) is 12.8. The van der Waals surface area contributed by atoms with Gasteiger partial charge in [0.15, 0.2) is 12.4 Å². The summed E-state index contributed by atoms with van der Waals surface area (Å²) in [4.78, 5) is 31.0. The van der Waals surface area contributed by atoms with E-state index in [1.54, 1.807) is 24.7 Å². The maximum Gasteiger partial charge on any atom is 0.349 e. The van der Waals surface area contributed by atoms with Crippen LogP contribution in [0.3, 0.4) is 0 Å². The van der Waals surface area contributed by atoms with Gasteiger partial charge in [-0.05, 0) is 43.2 Å². The molecular formula is C22H19N3O5S. The molecule has 0 amide bonds. The Morgan fingerprint density at radius 2 is 2.10 bits per heavy atom. The first-order valence-corrected chi connectivity index (χ1v) is 10.7. The first-order chi connectivity index (χ1) is 15.0. The molecule has 1 aromatic carbocycles. The summed E-state index contributed by atoms with van der Waals surface area (Å²) >= 11 is 1.20. The Kier molecular flexibility index (Phi) is 4.82. The highest BCUT2D eigenvalue weighted by Gasteiger charge is 2.24. The molecule has 0 fully saturated rings. The lowest BCUT2D eigenvalue weighted by molar-refractivity contribution is 0.0442. The molecule has 0 unspecified atom stereocenters. The summed E-state index contributed by atoms with van der Waals surface area (Å²) in [6, 6.07) is 9.14. The predicted molar refractivity (Wildman–Crippen MR) is 115 cm³/mol. The molecule has 0 N–H and O–H groups in total. The first kappa shape index (κ1) is 19.5. The topological polar surface area (TPSA) is 96.5 Å². The van der Waals surface area contributed by atoms with Crippen molar-refractivity contribution in [1.29, 1.82) is 0 Å². The van der Waals surface area contributed by atoms with Gasteiger partial charge in [-0.2, -0.15) is 0 Å². The summed E-state index contributed by atoms with van der Waals surface area (Å²) in [6.07, 6.45) is 1.70. The molecule has 0 saturated carbocycles. The number of esters is 1. The largest absolute Gasteiger partial charge is 0.497 e. The molecule has 0 bridgehead atoms. The van der Waals surface area contributed by atoms with E-state index in [-0.39, 0.29) is 12.2 Å². The van der Waals surface area contributed by atoms with Gasteiger partial charge in [-0.25, -0.2) is 9.78 Å². The Balaban J connectivity index is 1.34. The van der Waals surface area contributed by atoms with Crippen molar-refractivity contribution in [3.05, 3.63) is 62.7 Å². The highest BCUT2D eigenvalue weighted by molar-refractivity contribution is 7.20. The highest BCUT2D eigenvalue weighted by Crippen LogP contribution is 2.29. The maximum absolute atomic E-state index is 12.8. The standard InChI is InChI=1S/C22H19N3O5S/c1-12-18-20(23-17-4-3-9-25(17)21(18)26)31-19(12)22(27)29-11-15-10-16(24-30-15)13-5-7-14(28-2)8-6-13/h5-8,10H,3-4,9,11H2,1-2H3. The van der Waals surface area contributed by atoms with Crippen molar-refractivity contribution in [2.45, 2.75) is 32.9 Å². The van der Waals surface area contributed by atoms with E-state index < -0.39 is 5.97 Å². The Labute approximate surface area is 181 Å². The Hall–Kier alpha value is -3.46. The number of ether oxygens (including phenoxy) is 2. The average molecular weight is 437 g/mol. The molecule has 8 nitrogen and oxygen atoms in total. The van der Waals surface area contributed by atoms with Crippen LogP contribution in [-0.4, -0.2) is 27.8 Å². The number of carbonyl (C=O) groups excluding carboxylic acids is 1. The second kappa shape index (κ2) is 7.66. The average Bonchev–Trinajstić information content (AvgIpc) is 3.51. The van der Waals surface area contributed by atoms with E-state index in [2.05, 4.69) is 10.1 Å². The van der Waals surface area contributed by atoms with Crippen LogP contribution in [0.1, 0.15) is 33.2 Å². The van der Waals surface area contributed by atoms with Crippen molar-refractivity contribution in [3.63, 3.8) is 0 Å². The predicted octanol–water partition coefficient (Wildman–Crippen LogP) is 3.73. The number of nitrogens with zero attached hydrogens (tertiary/aromatic N) is 3. The Bertz CT molecular complexity index is 1350. The van der Waals surface area contributed by atoms with Crippen molar-refractivity contribution in [2.24, 2.45) is 0 Å². The second-order valence-electron chi connectivity index (χ2n) is 7.31. The molecule has 0 aliphatic carbocycles. The number of hydrogen-bond donors (Lipinski definition) is 0. The van der Waals surface area contributed by atoms with Crippen molar-refractivity contribution >= 4 is 27.5 Å². The van der Waals surface area contributed by atoms with Gasteiger partial charge < -0.3 is 14.0 Å². The smallest absolute Gasteiger partial charge is 0.349 e. The molecule has 0 radical (unpaired) electrons. The molecule has 0 atom stereocenters. The van der Waals surface area contributed by atoms with Crippen LogP contribution < -0.4 is 10.3 Å². The van der Waals surface area contributed by atoms with Crippen LogP contribution in [0.5, 0.6) is 5.75 Å². The third kappa shape index (κ3) is 3.40. The van der Waals surface area contributed by atoms with Crippen LogP contribution in [0.15, 0.2) is 39.6 Å². The lowest BCUT2D eigenvalue weighted by Crippen LogP contribution is -2.20. The molecule has 1 aliphatic rings. The summed E-state index contributed by atoms with van der Waals surface area (Å²) in [6.45, 7) is 2.38. The number of carbonyl (C=O) groups is 1. The Morgan fingerprint density at radius 1 is 1.29 bits per heavy atom. The van der Waals surface area contributed by atoms with Crippen LogP contribution in [-0.2, 0) is 24.3 Å². The van der Waals surface area contributed by atoms with Crippen molar-refractivity contribution in [1.82, 2.24) is 14.7 Å². The van der Waals surface area contributed by atoms with Crippen LogP contribution >= 0.6 is 11.3 Å². The van der Waals surface area contributed by atoms with Crippen LogP contribution in [0.25, 0.3) is 21.5 Å². The lowest BCUT2D eigenvalue weighted by Gasteiger charge is -2.02. The van der Waals surface area contributed by atoms with E-state index in [9.17, 15) is 9.59 Å². The monoisotopic (exact) mass is 437 g/mol. The van der Waals surface area contributed by atoms with E-state index in [0.29, 0.717) is 38.7 Å². The number of fused-ring (bicyclic) bond motifs is 2. The fourth-order valence-electron chi connectivity index (χ4n) is 3.75. The number of thiophene rings is 1. The highest BCUT2D eigenvalue weighted by atomic mass is 32.1. The molecule has 0 spiro atoms. The third-order valence-corrected chi connectivity index (χ3v) is 6.55. The van der Waals surface area contributed by atoms with E-state index in [1.165, 1.54) is 11.3 Å². The SMILES string of the molecule is COc1ccc(-c2cc(COC(=O)c3sc4nc5n(c(=O)c4c3C)CCC5)on2)cc1. The molecule has 1 aliphatic heterocycles. The third-order valence-electron chi connectivity index (χ3n) is 5.39. The van der Waals surface area contributed by atoms with Gasteiger partial charge in [-0.15, -0.1) is 11.3 Å². The summed E-state index contributed by atoms with van der Waals surface area (Å²) in [5.41, 5.74) is 2.03. The van der Waals surface area contributed by atoms with Gasteiger partial charge in [0.2, 0.25) is 0 Å². The minimum Gasteiger partial charge on any atom is -0.497 e. The van der Waals surface area contributed by atoms with E-state index in [1.807, 2.05) is 24.3 Å². The van der Waals surface area contributed by atoms with Crippen molar-refractivity contribution in [2.75, 3.05) is 7.11 Å². The number of methoxy groups -OCH3 is 1. The minimum absolute atomic E-state index is 0.0570. The fraction of sp³-hybridized carbons (Fsp3) is 0.273. The zero-order chi connectivity index (χ0) is 21.5. The fourth-order valence-corrected chi connectivity index (χ4v) is 4.84. The van der Waals surface area contributed by atoms with Gasteiger partial charge in [-0.3, -0.25) is 9.36 Å². The Morgan fingerprint density at radius 3 is 2.87 bits per heavy atom. The molecular weight excluding hydrogens is 418 g/mol. The molecule has 9 heteroatoms. The van der Waals surface area contributed by atoms with Gasteiger partial charge in [0, 0.05) is 24.6 Å². The van der Waals surface area contributed by atoms with Crippen LogP contribution in [0, 0.1) is 6.92 Å². The number of rotatable bonds is 5. The molecule has 5 rings (SSSR count). The summed E-state index contributed by atoms with van der Waals surface area (Å²) in [5.74, 6) is 1.45. The number of benzene rings is 1. The zero-order valence-electron chi connectivity index (χ0n) is 17.0. The minimum atomic E-state index is -0.507. The van der Waals surface area contributed by atoms with Gasteiger partial charge in [-0.1, -0.05) is 5.16 Å². The summed E-state index contributed by atoms with van der Waals surface area (Å²) in [5, 5.41) is 4.54. The second-order valence-corrected chi connectivity index (χ2v) is 8.31. The molecule has 158 valence electrons. The van der Waals surface area contributed by atoms with Crippen molar-refractivity contribution in [3.8, 4) is 17.0 Å². The van der Waals surface area contributed by atoms with Gasteiger partial charge in [0.1, 0.15) is 27.0 Å².